The number of likely N-dealkylation sites (N-methyl/N-ethyl adjacent to an activating group) is 1. The van der Waals surface area contributed by atoms with Crippen LogP contribution in [0.25, 0.3) is 10.2 Å². The normalized spacial score (nSPS) is 10.4. The maximum Gasteiger partial charge on any atom is 0.239 e. The second kappa shape index (κ2) is 4.49. The Morgan fingerprint density at radius 2 is 2.31 bits per heavy atom. The van der Waals surface area contributed by atoms with Gasteiger partial charge < -0.3 is 10.6 Å². The SMILES string of the molecule is CNC(=O)CNc1nc2ccc(C)cc2s1. The Kier molecular flexibility index (Phi) is 3.05. The zero-order valence-corrected chi connectivity index (χ0v) is 10.0. The minimum Gasteiger partial charge on any atom is -0.358 e. The van der Waals surface area contributed by atoms with Crippen LogP contribution in [0.5, 0.6) is 0 Å². The lowest BCUT2D eigenvalue weighted by Gasteiger charge is -1.99. The molecule has 0 fully saturated rings. The molecule has 1 amide bonds. The zero-order chi connectivity index (χ0) is 11.5. The molecule has 0 bridgehead atoms. The van der Waals surface area contributed by atoms with Gasteiger partial charge in [-0.25, -0.2) is 4.98 Å². The molecule has 1 heterocycles. The number of thiazole rings is 1. The van der Waals surface area contributed by atoms with E-state index in [1.807, 2.05) is 12.1 Å². The van der Waals surface area contributed by atoms with Crippen molar-refractivity contribution in [1.82, 2.24) is 10.3 Å². The standard InChI is InChI=1S/C11H13N3OS/c1-7-3-4-8-9(5-7)16-11(14-8)13-6-10(15)12-2/h3-5H,6H2,1-2H3,(H,12,15)(H,13,14). The molecule has 1 aromatic heterocycles. The number of rotatable bonds is 3. The second-order valence-corrected chi connectivity index (χ2v) is 4.55. The predicted molar refractivity (Wildman–Crippen MR) is 66.9 cm³/mol. The third kappa shape index (κ3) is 2.30. The third-order valence-corrected chi connectivity index (χ3v) is 3.20. The Hall–Kier alpha value is -1.62. The van der Waals surface area contributed by atoms with Crippen LogP contribution in [0.4, 0.5) is 5.13 Å². The lowest BCUT2D eigenvalue weighted by atomic mass is 10.2. The minimum absolute atomic E-state index is 0.0459. The number of hydrogen-bond donors (Lipinski definition) is 2. The van der Waals surface area contributed by atoms with Gasteiger partial charge in [-0.1, -0.05) is 17.4 Å². The van der Waals surface area contributed by atoms with E-state index >= 15 is 0 Å². The van der Waals surface area contributed by atoms with E-state index in [9.17, 15) is 4.79 Å². The topological polar surface area (TPSA) is 54.0 Å². The van der Waals surface area contributed by atoms with Crippen LogP contribution in [0.1, 0.15) is 5.56 Å². The number of amides is 1. The minimum atomic E-state index is -0.0459. The summed E-state index contributed by atoms with van der Waals surface area (Å²) in [5.41, 5.74) is 2.18. The van der Waals surface area contributed by atoms with Crippen molar-refractivity contribution in [1.29, 1.82) is 0 Å². The first-order valence-electron chi connectivity index (χ1n) is 5.00. The number of carbonyl (C=O) groups excluding carboxylic acids is 1. The fraction of sp³-hybridized carbons (Fsp3) is 0.273. The maximum atomic E-state index is 11.1. The molecular weight excluding hydrogens is 222 g/mol. The summed E-state index contributed by atoms with van der Waals surface area (Å²) >= 11 is 1.56. The molecular formula is C11H13N3OS. The van der Waals surface area contributed by atoms with Crippen molar-refractivity contribution in [3.63, 3.8) is 0 Å². The van der Waals surface area contributed by atoms with Crippen molar-refractivity contribution < 1.29 is 4.79 Å². The lowest BCUT2D eigenvalue weighted by molar-refractivity contribution is -0.118. The first-order chi connectivity index (χ1) is 7.69. The molecule has 0 aliphatic heterocycles. The van der Waals surface area contributed by atoms with E-state index in [0.717, 1.165) is 15.3 Å². The summed E-state index contributed by atoms with van der Waals surface area (Å²) in [6, 6.07) is 6.12. The number of fused-ring (bicyclic) bond motifs is 1. The number of aryl methyl sites for hydroxylation is 1. The molecule has 0 unspecified atom stereocenters. The number of hydrogen-bond acceptors (Lipinski definition) is 4. The molecule has 0 atom stereocenters. The number of carbonyl (C=O) groups is 1. The molecule has 2 aromatic rings. The van der Waals surface area contributed by atoms with Crippen LogP contribution >= 0.6 is 11.3 Å². The summed E-state index contributed by atoms with van der Waals surface area (Å²) in [7, 11) is 1.62. The highest BCUT2D eigenvalue weighted by Crippen LogP contribution is 2.26. The summed E-state index contributed by atoms with van der Waals surface area (Å²) < 4.78 is 1.14. The first-order valence-corrected chi connectivity index (χ1v) is 5.82. The molecule has 4 nitrogen and oxygen atoms in total. The van der Waals surface area contributed by atoms with E-state index in [-0.39, 0.29) is 12.5 Å². The Morgan fingerprint density at radius 1 is 1.50 bits per heavy atom. The summed E-state index contributed by atoms with van der Waals surface area (Å²) in [4.78, 5) is 15.4. The monoisotopic (exact) mass is 235 g/mol. The van der Waals surface area contributed by atoms with E-state index in [1.165, 1.54) is 5.56 Å². The Bertz CT molecular complexity index is 521. The van der Waals surface area contributed by atoms with Gasteiger partial charge in [-0.15, -0.1) is 0 Å². The predicted octanol–water partition coefficient (Wildman–Crippen LogP) is 1.76. The number of nitrogens with zero attached hydrogens (tertiary/aromatic N) is 1. The van der Waals surface area contributed by atoms with Crippen LogP contribution in [-0.2, 0) is 4.79 Å². The van der Waals surface area contributed by atoms with Crippen molar-refractivity contribution in [2.45, 2.75) is 6.92 Å². The summed E-state index contributed by atoms with van der Waals surface area (Å²) in [6.07, 6.45) is 0. The largest absolute Gasteiger partial charge is 0.358 e. The van der Waals surface area contributed by atoms with E-state index in [1.54, 1.807) is 18.4 Å². The van der Waals surface area contributed by atoms with Gasteiger partial charge in [-0.05, 0) is 24.6 Å². The Morgan fingerprint density at radius 3 is 3.06 bits per heavy atom. The number of benzene rings is 1. The van der Waals surface area contributed by atoms with Gasteiger partial charge in [0, 0.05) is 7.05 Å². The summed E-state index contributed by atoms with van der Waals surface area (Å²) in [6.45, 7) is 2.31. The molecule has 0 spiro atoms. The van der Waals surface area contributed by atoms with Gasteiger partial charge in [0.25, 0.3) is 0 Å². The van der Waals surface area contributed by atoms with Crippen LogP contribution in [0, 0.1) is 6.92 Å². The molecule has 5 heteroatoms. The van der Waals surface area contributed by atoms with Crippen molar-refractivity contribution in [2.75, 3.05) is 18.9 Å². The van der Waals surface area contributed by atoms with Crippen LogP contribution < -0.4 is 10.6 Å². The van der Waals surface area contributed by atoms with Gasteiger partial charge in [0.05, 0.1) is 16.8 Å². The van der Waals surface area contributed by atoms with Crippen LogP contribution in [0.3, 0.4) is 0 Å². The highest BCUT2D eigenvalue weighted by atomic mass is 32.1. The van der Waals surface area contributed by atoms with Crippen LogP contribution in [0.2, 0.25) is 0 Å². The van der Waals surface area contributed by atoms with Gasteiger partial charge in [-0.3, -0.25) is 4.79 Å². The quantitative estimate of drug-likeness (QED) is 0.852. The number of anilines is 1. The van der Waals surface area contributed by atoms with Crippen molar-refractivity contribution in [3.05, 3.63) is 23.8 Å². The number of nitrogens with one attached hydrogen (secondary N) is 2. The van der Waals surface area contributed by atoms with Crippen molar-refractivity contribution in [3.8, 4) is 0 Å². The van der Waals surface area contributed by atoms with E-state index in [0.29, 0.717) is 0 Å². The summed E-state index contributed by atoms with van der Waals surface area (Å²) in [5.74, 6) is -0.0459. The van der Waals surface area contributed by atoms with Gasteiger partial charge in [-0.2, -0.15) is 0 Å². The molecule has 0 aliphatic rings. The second-order valence-electron chi connectivity index (χ2n) is 3.52. The third-order valence-electron chi connectivity index (χ3n) is 2.22. The fourth-order valence-electron chi connectivity index (χ4n) is 1.35. The summed E-state index contributed by atoms with van der Waals surface area (Å²) in [5, 5.41) is 6.33. The molecule has 84 valence electrons. The van der Waals surface area contributed by atoms with Gasteiger partial charge in [0.15, 0.2) is 5.13 Å². The Labute approximate surface area is 97.7 Å². The Balaban J connectivity index is 2.16. The van der Waals surface area contributed by atoms with Gasteiger partial charge in [0.1, 0.15) is 0 Å². The zero-order valence-electron chi connectivity index (χ0n) is 9.20. The van der Waals surface area contributed by atoms with E-state index in [4.69, 9.17) is 0 Å². The maximum absolute atomic E-state index is 11.1. The molecule has 2 N–H and O–H groups in total. The smallest absolute Gasteiger partial charge is 0.239 e. The van der Waals surface area contributed by atoms with Gasteiger partial charge >= 0.3 is 0 Å². The molecule has 2 rings (SSSR count). The molecule has 0 saturated heterocycles. The van der Waals surface area contributed by atoms with Crippen molar-refractivity contribution in [2.24, 2.45) is 0 Å². The highest BCUT2D eigenvalue weighted by Gasteiger charge is 2.04. The molecule has 0 saturated carbocycles. The van der Waals surface area contributed by atoms with E-state index in [2.05, 4.69) is 28.6 Å². The molecule has 0 radical (unpaired) electrons. The van der Waals surface area contributed by atoms with Gasteiger partial charge in [0.2, 0.25) is 5.91 Å². The van der Waals surface area contributed by atoms with Crippen LogP contribution in [-0.4, -0.2) is 24.5 Å². The van der Waals surface area contributed by atoms with Crippen molar-refractivity contribution >= 4 is 32.6 Å². The highest BCUT2D eigenvalue weighted by molar-refractivity contribution is 7.22. The van der Waals surface area contributed by atoms with Crippen LogP contribution in [0.15, 0.2) is 18.2 Å². The van der Waals surface area contributed by atoms with E-state index < -0.39 is 0 Å². The average molecular weight is 235 g/mol. The first kappa shape index (κ1) is 10.9. The molecule has 16 heavy (non-hydrogen) atoms. The lowest BCUT2D eigenvalue weighted by Crippen LogP contribution is -2.26. The average Bonchev–Trinajstić information content (AvgIpc) is 2.67. The molecule has 0 aliphatic carbocycles. The molecule has 1 aromatic carbocycles. The number of aromatic nitrogens is 1. The fourth-order valence-corrected chi connectivity index (χ4v) is 2.31.